The summed E-state index contributed by atoms with van der Waals surface area (Å²) in [6, 6.07) is 8.36. The topological polar surface area (TPSA) is 53.1 Å². The molecule has 0 spiro atoms. The van der Waals surface area contributed by atoms with Crippen molar-refractivity contribution in [3.8, 4) is 11.1 Å². The fourth-order valence-corrected chi connectivity index (χ4v) is 1.80. The molecule has 4 nitrogen and oxygen atoms in total. The van der Waals surface area contributed by atoms with Crippen molar-refractivity contribution >= 4 is 0 Å². The second kappa shape index (κ2) is 5.80. The lowest BCUT2D eigenvalue weighted by atomic mass is 10.0. The number of nitrogens with zero attached hydrogens (tertiary/aromatic N) is 2. The molecule has 2 aromatic rings. The van der Waals surface area contributed by atoms with Crippen LogP contribution in [-0.4, -0.2) is 23.5 Å². The van der Waals surface area contributed by atoms with E-state index >= 15 is 0 Å². The molecule has 1 aromatic heterocycles. The van der Waals surface area contributed by atoms with Crippen molar-refractivity contribution in [2.45, 2.75) is 19.5 Å². The van der Waals surface area contributed by atoms with Crippen molar-refractivity contribution in [1.29, 1.82) is 0 Å². The fourth-order valence-electron chi connectivity index (χ4n) is 1.80. The van der Waals surface area contributed by atoms with Crippen molar-refractivity contribution in [3.63, 3.8) is 0 Å². The lowest BCUT2D eigenvalue weighted by Crippen LogP contribution is -2.04. The smallest absolute Gasteiger partial charge is 0.0658 e. The van der Waals surface area contributed by atoms with Gasteiger partial charge in [0.15, 0.2) is 0 Å². The van der Waals surface area contributed by atoms with Gasteiger partial charge in [-0.2, -0.15) is 5.10 Å². The van der Waals surface area contributed by atoms with Crippen LogP contribution in [0, 0.1) is 0 Å². The lowest BCUT2D eigenvalue weighted by molar-refractivity contribution is 0.183. The van der Waals surface area contributed by atoms with Crippen LogP contribution in [0.2, 0.25) is 0 Å². The molecule has 1 atom stereocenters. The van der Waals surface area contributed by atoms with Gasteiger partial charge in [-0.1, -0.05) is 24.3 Å². The molecule has 0 radical (unpaired) electrons. The molecule has 0 bridgehead atoms. The molecule has 0 aliphatic rings. The zero-order chi connectivity index (χ0) is 13.0. The number of ether oxygens (including phenoxy) is 1. The predicted molar refractivity (Wildman–Crippen MR) is 72.1 cm³/mol. The number of benzene rings is 1. The van der Waals surface area contributed by atoms with Crippen LogP contribution in [-0.2, 0) is 11.3 Å². The maximum atomic E-state index is 5.83. The summed E-state index contributed by atoms with van der Waals surface area (Å²) >= 11 is 0. The number of hydrogen-bond donors (Lipinski definition) is 1. The average Bonchev–Trinajstić information content (AvgIpc) is 2.85. The molecule has 0 saturated carbocycles. The SMILES string of the molecule is COCCn1cc(-c2ccc(C(C)N)cc2)cn1. The van der Waals surface area contributed by atoms with Gasteiger partial charge in [0.25, 0.3) is 0 Å². The van der Waals surface area contributed by atoms with Gasteiger partial charge >= 0.3 is 0 Å². The van der Waals surface area contributed by atoms with Crippen LogP contribution in [0.4, 0.5) is 0 Å². The zero-order valence-corrected chi connectivity index (χ0v) is 10.8. The van der Waals surface area contributed by atoms with Gasteiger partial charge in [-0.05, 0) is 18.1 Å². The Balaban J connectivity index is 2.13. The Morgan fingerprint density at radius 1 is 1.28 bits per heavy atom. The number of methoxy groups -OCH3 is 1. The van der Waals surface area contributed by atoms with E-state index in [1.165, 1.54) is 0 Å². The third kappa shape index (κ3) is 2.97. The van der Waals surface area contributed by atoms with Gasteiger partial charge in [-0.15, -0.1) is 0 Å². The molecular weight excluding hydrogens is 226 g/mol. The van der Waals surface area contributed by atoms with Gasteiger partial charge in [0.1, 0.15) is 0 Å². The van der Waals surface area contributed by atoms with E-state index in [1.54, 1.807) is 7.11 Å². The maximum absolute atomic E-state index is 5.83. The second-order valence-corrected chi connectivity index (χ2v) is 4.40. The highest BCUT2D eigenvalue weighted by atomic mass is 16.5. The highest BCUT2D eigenvalue weighted by Gasteiger charge is 2.03. The Hall–Kier alpha value is -1.65. The molecule has 0 aliphatic heterocycles. The third-order valence-electron chi connectivity index (χ3n) is 2.93. The molecule has 1 aromatic carbocycles. The number of aromatic nitrogens is 2. The molecule has 4 heteroatoms. The molecule has 96 valence electrons. The van der Waals surface area contributed by atoms with E-state index in [1.807, 2.05) is 24.0 Å². The first kappa shape index (κ1) is 12.8. The first-order valence-electron chi connectivity index (χ1n) is 6.08. The molecule has 0 fully saturated rings. The van der Waals surface area contributed by atoms with Crippen LogP contribution in [0.15, 0.2) is 36.7 Å². The van der Waals surface area contributed by atoms with Crippen molar-refractivity contribution in [2.24, 2.45) is 5.73 Å². The quantitative estimate of drug-likeness (QED) is 0.878. The monoisotopic (exact) mass is 245 g/mol. The Labute approximate surface area is 107 Å². The minimum Gasteiger partial charge on any atom is -0.383 e. The van der Waals surface area contributed by atoms with Gasteiger partial charge < -0.3 is 10.5 Å². The lowest BCUT2D eigenvalue weighted by Gasteiger charge is -2.05. The number of rotatable bonds is 5. The summed E-state index contributed by atoms with van der Waals surface area (Å²) in [5.74, 6) is 0. The fraction of sp³-hybridized carbons (Fsp3) is 0.357. The minimum absolute atomic E-state index is 0.0727. The first-order valence-corrected chi connectivity index (χ1v) is 6.08. The van der Waals surface area contributed by atoms with E-state index in [2.05, 4.69) is 29.4 Å². The molecule has 1 unspecified atom stereocenters. The normalized spacial score (nSPS) is 12.6. The molecule has 1 heterocycles. The second-order valence-electron chi connectivity index (χ2n) is 4.40. The van der Waals surface area contributed by atoms with Crippen LogP contribution in [0.1, 0.15) is 18.5 Å². The van der Waals surface area contributed by atoms with Gasteiger partial charge in [-0.25, -0.2) is 0 Å². The molecule has 0 saturated heterocycles. The highest BCUT2D eigenvalue weighted by Crippen LogP contribution is 2.20. The van der Waals surface area contributed by atoms with Crippen LogP contribution in [0.3, 0.4) is 0 Å². The van der Waals surface area contributed by atoms with E-state index in [0.717, 1.165) is 23.2 Å². The van der Waals surface area contributed by atoms with Gasteiger partial charge in [0.2, 0.25) is 0 Å². The van der Waals surface area contributed by atoms with E-state index < -0.39 is 0 Å². The van der Waals surface area contributed by atoms with Crippen LogP contribution in [0.25, 0.3) is 11.1 Å². The summed E-state index contributed by atoms with van der Waals surface area (Å²) in [5.41, 5.74) is 9.24. The van der Waals surface area contributed by atoms with Crippen LogP contribution in [0.5, 0.6) is 0 Å². The molecule has 18 heavy (non-hydrogen) atoms. The third-order valence-corrected chi connectivity index (χ3v) is 2.93. The van der Waals surface area contributed by atoms with Crippen LogP contribution >= 0.6 is 0 Å². The Bertz CT molecular complexity index is 488. The van der Waals surface area contributed by atoms with Gasteiger partial charge in [-0.3, -0.25) is 4.68 Å². The molecule has 2 rings (SSSR count). The van der Waals surface area contributed by atoms with Crippen molar-refractivity contribution in [1.82, 2.24) is 9.78 Å². The summed E-state index contributed by atoms with van der Waals surface area (Å²) in [5, 5.41) is 4.30. The van der Waals surface area contributed by atoms with Crippen molar-refractivity contribution < 1.29 is 4.74 Å². The summed E-state index contributed by atoms with van der Waals surface area (Å²) in [6.45, 7) is 3.43. The summed E-state index contributed by atoms with van der Waals surface area (Å²) < 4.78 is 6.92. The number of nitrogens with two attached hydrogens (primary N) is 1. The summed E-state index contributed by atoms with van der Waals surface area (Å²) in [6.07, 6.45) is 3.90. The van der Waals surface area contributed by atoms with Crippen LogP contribution < -0.4 is 5.73 Å². The number of hydrogen-bond acceptors (Lipinski definition) is 3. The summed E-state index contributed by atoms with van der Waals surface area (Å²) in [7, 11) is 1.69. The maximum Gasteiger partial charge on any atom is 0.0658 e. The van der Waals surface area contributed by atoms with E-state index in [-0.39, 0.29) is 6.04 Å². The largest absolute Gasteiger partial charge is 0.383 e. The zero-order valence-electron chi connectivity index (χ0n) is 10.8. The Morgan fingerprint density at radius 2 is 2.00 bits per heavy atom. The molecule has 0 amide bonds. The standard InChI is InChI=1S/C14H19N3O/c1-11(15)12-3-5-13(6-4-12)14-9-16-17(10-14)7-8-18-2/h3-6,9-11H,7-8,15H2,1-2H3. The van der Waals surface area contributed by atoms with E-state index in [0.29, 0.717) is 6.61 Å². The molecule has 2 N–H and O–H groups in total. The summed E-state index contributed by atoms with van der Waals surface area (Å²) in [4.78, 5) is 0. The molecule has 0 aliphatic carbocycles. The highest BCUT2D eigenvalue weighted by molar-refractivity contribution is 5.62. The molecular formula is C14H19N3O. The Kier molecular flexibility index (Phi) is 4.12. The Morgan fingerprint density at radius 3 is 2.61 bits per heavy atom. The van der Waals surface area contributed by atoms with Gasteiger partial charge in [0.05, 0.1) is 19.3 Å². The first-order chi connectivity index (χ1) is 8.70. The predicted octanol–water partition coefficient (Wildman–Crippen LogP) is 2.22. The van der Waals surface area contributed by atoms with E-state index in [9.17, 15) is 0 Å². The van der Waals surface area contributed by atoms with E-state index in [4.69, 9.17) is 10.5 Å². The van der Waals surface area contributed by atoms with Crippen molar-refractivity contribution in [2.75, 3.05) is 13.7 Å². The van der Waals surface area contributed by atoms with Gasteiger partial charge in [0, 0.05) is 24.9 Å². The minimum atomic E-state index is 0.0727. The average molecular weight is 245 g/mol. The van der Waals surface area contributed by atoms with Crippen molar-refractivity contribution in [3.05, 3.63) is 42.2 Å².